The molecule has 1 saturated heterocycles. The molecule has 3 aromatic carbocycles. The fourth-order valence-electron chi connectivity index (χ4n) is 7.79. The molecule has 4 heterocycles. The Balaban J connectivity index is 1.25. The zero-order valence-electron chi connectivity index (χ0n) is 27.8. The Morgan fingerprint density at radius 1 is 1.08 bits per heavy atom. The molecule has 2 N–H and O–H groups in total. The second-order valence-electron chi connectivity index (χ2n) is 13.6. The number of ether oxygens (including phenoxy) is 1. The average Bonchev–Trinajstić information content (AvgIpc) is 3.74. The van der Waals surface area contributed by atoms with Gasteiger partial charge in [-0.25, -0.2) is 0 Å². The van der Waals surface area contributed by atoms with Crippen LogP contribution in [0.5, 0.6) is 0 Å². The molecule has 50 heavy (non-hydrogen) atoms. The molecule has 0 bridgehead atoms. The summed E-state index contributed by atoms with van der Waals surface area (Å²) in [6.07, 6.45) is 3.60. The predicted molar refractivity (Wildman–Crippen MR) is 186 cm³/mol. The smallest absolute Gasteiger partial charge is 0.279 e. The van der Waals surface area contributed by atoms with Gasteiger partial charge in [-0.2, -0.15) is 9.78 Å². The number of rotatable bonds is 10. The summed E-state index contributed by atoms with van der Waals surface area (Å²) in [7, 11) is -2.99. The van der Waals surface area contributed by atoms with Gasteiger partial charge in [0.05, 0.1) is 46.2 Å². The molecule has 5 aromatic rings. The lowest BCUT2D eigenvalue weighted by Gasteiger charge is -2.32. The Bertz CT molecular complexity index is 2180. The first-order valence-corrected chi connectivity index (χ1v) is 19.5. The first kappa shape index (κ1) is 33.4. The maximum atomic E-state index is 14.9. The minimum Gasteiger partial charge on any atom is -0.432 e. The second-order valence-corrected chi connectivity index (χ2v) is 17.5. The van der Waals surface area contributed by atoms with Crippen molar-refractivity contribution < 1.29 is 24.4 Å². The number of aryl methyl sites for hydroxylation is 1. The highest BCUT2D eigenvalue weighted by Crippen LogP contribution is 2.60. The summed E-state index contributed by atoms with van der Waals surface area (Å²) >= 11 is 0. The van der Waals surface area contributed by atoms with E-state index in [9.17, 15) is 29.6 Å². The lowest BCUT2D eigenvalue weighted by atomic mass is 9.82. The molecule has 258 valence electrons. The number of hydrogen-bond donors (Lipinski definition) is 2. The van der Waals surface area contributed by atoms with E-state index in [0.29, 0.717) is 53.0 Å². The van der Waals surface area contributed by atoms with Crippen molar-refractivity contribution in [3.8, 4) is 5.69 Å². The Morgan fingerprint density at radius 3 is 2.64 bits per heavy atom. The van der Waals surface area contributed by atoms with Gasteiger partial charge in [-0.3, -0.25) is 24.4 Å². The number of nitro benzene ring substituents is 1. The minimum absolute atomic E-state index is 0.0515. The lowest BCUT2D eigenvalue weighted by Crippen LogP contribution is -2.46. The second kappa shape index (κ2) is 12.7. The largest absolute Gasteiger partial charge is 0.432 e. The SMILES string of the molecule is C[C@H]1[C@H]([Si](C)(C)O)[C@@H](CCn2cc(CCO)nn2)O[C@]12C(=O)N(Cc1cccc(-n3ncc4ccccc4c3=O)c1)c1ccc([N+](=O)[O-])cc12. The number of carbonyl (C=O) groups excluding carboxylic acids is 1. The minimum atomic E-state index is -2.99. The summed E-state index contributed by atoms with van der Waals surface area (Å²) in [5, 5.41) is 35.1. The monoisotopic (exact) mass is 695 g/mol. The number of amides is 1. The molecule has 0 unspecified atom stereocenters. The van der Waals surface area contributed by atoms with E-state index in [1.165, 1.54) is 16.8 Å². The quantitative estimate of drug-likeness (QED) is 0.124. The highest BCUT2D eigenvalue weighted by Gasteiger charge is 2.66. The first-order chi connectivity index (χ1) is 23.9. The molecular formula is C35H37N7O7Si. The van der Waals surface area contributed by atoms with E-state index >= 15 is 0 Å². The lowest BCUT2D eigenvalue weighted by molar-refractivity contribution is -0.385. The van der Waals surface area contributed by atoms with Gasteiger partial charge in [0, 0.05) is 60.3 Å². The Hall–Kier alpha value is -5.09. The van der Waals surface area contributed by atoms with Crippen molar-refractivity contribution in [3.63, 3.8) is 0 Å². The van der Waals surface area contributed by atoms with Gasteiger partial charge in [0.1, 0.15) is 0 Å². The highest BCUT2D eigenvalue weighted by atomic mass is 28.4. The van der Waals surface area contributed by atoms with Crippen LogP contribution >= 0.6 is 0 Å². The van der Waals surface area contributed by atoms with Crippen LogP contribution in [0.15, 0.2) is 83.9 Å². The van der Waals surface area contributed by atoms with Crippen LogP contribution < -0.4 is 10.5 Å². The van der Waals surface area contributed by atoms with E-state index in [1.807, 2.05) is 38.2 Å². The van der Waals surface area contributed by atoms with Crippen LogP contribution in [0.25, 0.3) is 16.5 Å². The summed E-state index contributed by atoms with van der Waals surface area (Å²) < 4.78 is 9.81. The zero-order chi connectivity index (χ0) is 35.4. The third kappa shape index (κ3) is 5.61. The standard InChI is InChI=1S/C35H37N7O7Si/c1-22-32(50(2,3)48)31(13-15-39-21-25(14-16-43)37-38-39)49-35(22)29-18-27(42(46)47)11-12-30(29)40(34(35)45)20-23-7-6-9-26(17-23)41-33(44)28-10-5-4-8-24(28)19-36-41/h4-12,17-19,21-22,31-32,43,48H,13-16,20H2,1-3H3/t22-,31+,32-,35+/m0/s1. The molecule has 1 fully saturated rings. The topological polar surface area (TPSA) is 179 Å². The van der Waals surface area contributed by atoms with Crippen molar-refractivity contribution >= 4 is 36.4 Å². The van der Waals surface area contributed by atoms with Crippen molar-refractivity contribution in [1.82, 2.24) is 24.8 Å². The molecule has 14 nitrogen and oxygen atoms in total. The maximum Gasteiger partial charge on any atom is 0.279 e. The van der Waals surface area contributed by atoms with E-state index in [0.717, 1.165) is 5.39 Å². The summed E-state index contributed by atoms with van der Waals surface area (Å²) in [5.74, 6) is -0.895. The van der Waals surface area contributed by atoms with Gasteiger partial charge >= 0.3 is 0 Å². The number of nitro groups is 1. The van der Waals surface area contributed by atoms with E-state index < -0.39 is 36.4 Å². The number of fused-ring (bicyclic) bond motifs is 3. The van der Waals surface area contributed by atoms with Gasteiger partial charge in [0.15, 0.2) is 13.9 Å². The van der Waals surface area contributed by atoms with Crippen LogP contribution in [0.3, 0.4) is 0 Å². The number of benzene rings is 3. The van der Waals surface area contributed by atoms with Crippen LogP contribution in [-0.4, -0.2) is 66.5 Å². The number of anilines is 1. The molecule has 7 rings (SSSR count). The fourth-order valence-corrected chi connectivity index (χ4v) is 10.4. The van der Waals surface area contributed by atoms with Crippen molar-refractivity contribution in [3.05, 3.63) is 116 Å². The molecular weight excluding hydrogens is 659 g/mol. The molecule has 1 amide bonds. The molecule has 2 aliphatic rings. The van der Waals surface area contributed by atoms with Gasteiger partial charge < -0.3 is 19.5 Å². The number of aliphatic hydroxyl groups excluding tert-OH is 1. The Labute approximate surface area is 287 Å². The summed E-state index contributed by atoms with van der Waals surface area (Å²) in [6, 6.07) is 18.8. The number of carbonyl (C=O) groups is 1. The summed E-state index contributed by atoms with van der Waals surface area (Å²) in [6.45, 7) is 5.95. The molecule has 15 heteroatoms. The van der Waals surface area contributed by atoms with E-state index in [4.69, 9.17) is 4.74 Å². The van der Waals surface area contributed by atoms with Crippen molar-refractivity contribution in [2.45, 2.75) is 63.2 Å². The molecule has 4 atom stereocenters. The van der Waals surface area contributed by atoms with Crippen molar-refractivity contribution in [2.24, 2.45) is 5.92 Å². The van der Waals surface area contributed by atoms with Crippen molar-refractivity contribution in [2.75, 3.05) is 11.5 Å². The van der Waals surface area contributed by atoms with Gasteiger partial charge in [-0.15, -0.1) is 5.10 Å². The molecule has 0 radical (unpaired) electrons. The zero-order valence-corrected chi connectivity index (χ0v) is 28.8. The Morgan fingerprint density at radius 2 is 1.88 bits per heavy atom. The number of non-ortho nitro benzene ring substituents is 1. The molecule has 1 spiro atoms. The maximum absolute atomic E-state index is 14.9. The number of aromatic nitrogens is 5. The molecule has 0 saturated carbocycles. The van der Waals surface area contributed by atoms with Crippen molar-refractivity contribution in [1.29, 1.82) is 0 Å². The fraction of sp³-hybridized carbons (Fsp3) is 0.343. The van der Waals surface area contributed by atoms with Crippen LogP contribution in [0.4, 0.5) is 11.4 Å². The third-order valence-corrected chi connectivity index (χ3v) is 12.5. The van der Waals surface area contributed by atoms with E-state index in [1.54, 1.807) is 58.4 Å². The van der Waals surface area contributed by atoms with Crippen LogP contribution in [0.1, 0.15) is 30.2 Å². The van der Waals surface area contributed by atoms with E-state index in [-0.39, 0.29) is 30.3 Å². The molecule has 0 aliphatic carbocycles. The van der Waals surface area contributed by atoms with E-state index in [2.05, 4.69) is 15.4 Å². The molecule has 2 aliphatic heterocycles. The number of hydrogen-bond acceptors (Lipinski definition) is 10. The summed E-state index contributed by atoms with van der Waals surface area (Å²) in [5.41, 5.74) is 0.340. The van der Waals surface area contributed by atoms with Gasteiger partial charge in [-0.05, 0) is 49.3 Å². The molecule has 2 aromatic heterocycles. The number of aliphatic hydroxyl groups is 1. The Kier molecular flexibility index (Phi) is 8.46. The highest BCUT2D eigenvalue weighted by molar-refractivity contribution is 6.71. The normalized spacial score (nSPS) is 21.7. The van der Waals surface area contributed by atoms with Gasteiger partial charge in [0.2, 0.25) is 0 Å². The average molecular weight is 696 g/mol. The van der Waals surface area contributed by atoms with Crippen LogP contribution in [0.2, 0.25) is 18.6 Å². The van der Waals surface area contributed by atoms with Crippen LogP contribution in [0, 0.1) is 16.0 Å². The summed E-state index contributed by atoms with van der Waals surface area (Å²) in [4.78, 5) is 52.9. The van der Waals surface area contributed by atoms with Gasteiger partial charge in [0.25, 0.3) is 17.2 Å². The third-order valence-electron chi connectivity index (χ3n) is 9.97. The first-order valence-electron chi connectivity index (χ1n) is 16.5. The van der Waals surface area contributed by atoms with Gasteiger partial charge in [-0.1, -0.05) is 42.5 Å². The van der Waals surface area contributed by atoms with Crippen LogP contribution in [-0.2, 0) is 34.6 Å². The number of nitrogens with zero attached hydrogens (tertiary/aromatic N) is 7. The predicted octanol–water partition coefficient (Wildman–Crippen LogP) is 3.86.